The molecule has 43 heavy (non-hydrogen) atoms. The van der Waals surface area contributed by atoms with Crippen LogP contribution in [-0.4, -0.2) is 59.1 Å². The largest absolute Gasteiger partial charge is 0.508 e. The Bertz CT molecular complexity index is 1050. The summed E-state index contributed by atoms with van der Waals surface area (Å²) in [5.74, 6) is -3.73. The fourth-order valence-electron chi connectivity index (χ4n) is 8.70. The molecule has 0 aromatic heterocycles. The number of unbranched alkanes of at least 4 members (excludes halogenated alkanes) is 5. The summed E-state index contributed by atoms with van der Waals surface area (Å²) in [4.78, 5) is 2.29. The van der Waals surface area contributed by atoms with E-state index in [-0.39, 0.29) is 29.4 Å². The van der Waals surface area contributed by atoms with Gasteiger partial charge < -0.3 is 15.1 Å². The van der Waals surface area contributed by atoms with Crippen molar-refractivity contribution < 1.29 is 36.6 Å². The Labute approximate surface area is 253 Å². The van der Waals surface area contributed by atoms with E-state index in [0.29, 0.717) is 37.1 Å². The zero-order valence-electron chi connectivity index (χ0n) is 26.0. The number of benzene rings is 1. The number of nitrogens with zero attached hydrogens (tertiary/aromatic N) is 1. The minimum atomic E-state index is -5.46. The molecule has 246 valence electrons. The highest BCUT2D eigenvalue weighted by Crippen LogP contribution is 2.63. The van der Waals surface area contributed by atoms with E-state index in [4.69, 9.17) is 0 Å². The lowest BCUT2D eigenvalue weighted by Crippen LogP contribution is -2.51. The lowest BCUT2D eigenvalue weighted by atomic mass is 9.51. The molecule has 3 nitrogen and oxygen atoms in total. The number of phenols is 1. The van der Waals surface area contributed by atoms with Gasteiger partial charge in [0.15, 0.2) is 0 Å². The van der Waals surface area contributed by atoms with E-state index < -0.39 is 30.8 Å². The molecule has 2 N–H and O–H groups in total. The second kappa shape index (κ2) is 13.9. The molecule has 0 saturated heterocycles. The van der Waals surface area contributed by atoms with Gasteiger partial charge in [0, 0.05) is 18.4 Å². The summed E-state index contributed by atoms with van der Waals surface area (Å²) in [6, 6.07) is 5.78. The Kier molecular flexibility index (Phi) is 11.1. The van der Waals surface area contributed by atoms with Crippen LogP contribution in [0.4, 0.5) is 26.3 Å². The van der Waals surface area contributed by atoms with Gasteiger partial charge in [-0.25, -0.2) is 4.39 Å². The molecule has 0 heterocycles. The van der Waals surface area contributed by atoms with Gasteiger partial charge in [0.05, 0.1) is 6.10 Å². The molecule has 0 aliphatic heterocycles. The molecule has 4 rings (SSSR count). The third-order valence-electron chi connectivity index (χ3n) is 11.4. The number of aliphatic hydroxyl groups excluding tert-OH is 1. The van der Waals surface area contributed by atoms with Crippen LogP contribution >= 0.6 is 0 Å². The van der Waals surface area contributed by atoms with Crippen LogP contribution in [0.5, 0.6) is 5.75 Å². The summed E-state index contributed by atoms with van der Waals surface area (Å²) in [5.41, 5.74) is 1.74. The smallest absolute Gasteiger partial charge is 0.453 e. The van der Waals surface area contributed by atoms with E-state index >= 15 is 4.39 Å². The van der Waals surface area contributed by atoms with Gasteiger partial charge in [-0.2, -0.15) is 22.0 Å². The van der Waals surface area contributed by atoms with Crippen LogP contribution in [0.25, 0.3) is 0 Å². The van der Waals surface area contributed by atoms with Gasteiger partial charge in [0.25, 0.3) is 0 Å². The van der Waals surface area contributed by atoms with E-state index in [1.54, 1.807) is 6.07 Å². The van der Waals surface area contributed by atoms with Crippen LogP contribution in [0.15, 0.2) is 18.2 Å². The Morgan fingerprint density at radius 2 is 1.70 bits per heavy atom. The van der Waals surface area contributed by atoms with E-state index in [2.05, 4.69) is 25.8 Å². The fourth-order valence-corrected chi connectivity index (χ4v) is 8.70. The van der Waals surface area contributed by atoms with Crippen molar-refractivity contribution in [1.82, 2.24) is 4.90 Å². The quantitative estimate of drug-likeness (QED) is 0.161. The van der Waals surface area contributed by atoms with Crippen molar-refractivity contribution in [3.05, 3.63) is 29.3 Å². The second-order valence-corrected chi connectivity index (χ2v) is 14.2. The first-order valence-electron chi connectivity index (χ1n) is 16.4. The number of hydrogen-bond acceptors (Lipinski definition) is 3. The van der Waals surface area contributed by atoms with E-state index in [9.17, 15) is 32.2 Å². The van der Waals surface area contributed by atoms with E-state index in [0.717, 1.165) is 75.5 Å². The fraction of sp³-hybridized carbons (Fsp3) is 0.824. The molecule has 0 bridgehead atoms. The SMILES string of the molecule is CC(CCCC[C@@H]1Cc2cc(O)ccc2[C@@H]2[C@@H]1[C@@H]1CC[C@H](O)[C@@]1(C)C[C@@H]2F)N(C)CCCCCCCC(F)(F)C(F)(F)F. The Morgan fingerprint density at radius 1 is 1.00 bits per heavy atom. The van der Waals surface area contributed by atoms with Crippen molar-refractivity contribution in [3.63, 3.8) is 0 Å². The number of rotatable bonds is 14. The van der Waals surface area contributed by atoms with Gasteiger partial charge >= 0.3 is 12.1 Å². The molecule has 3 aliphatic rings. The molecule has 8 atom stereocenters. The number of fused-ring (bicyclic) bond motifs is 5. The monoisotopic (exact) mass is 619 g/mol. The van der Waals surface area contributed by atoms with Gasteiger partial charge in [-0.15, -0.1) is 0 Å². The van der Waals surface area contributed by atoms with Crippen LogP contribution < -0.4 is 0 Å². The molecular formula is C34H51F6NO2. The lowest BCUT2D eigenvalue weighted by molar-refractivity contribution is -0.284. The first kappa shape index (κ1) is 34.4. The third kappa shape index (κ3) is 7.67. The van der Waals surface area contributed by atoms with Crippen molar-refractivity contribution in [2.75, 3.05) is 13.6 Å². The maximum absolute atomic E-state index is 15.9. The lowest BCUT2D eigenvalue weighted by Gasteiger charge is -2.54. The molecule has 3 aliphatic carbocycles. The molecule has 0 radical (unpaired) electrons. The van der Waals surface area contributed by atoms with Gasteiger partial charge in [-0.3, -0.25) is 0 Å². The summed E-state index contributed by atoms with van der Waals surface area (Å²) in [5, 5.41) is 21.0. The number of halogens is 6. The predicted octanol–water partition coefficient (Wildman–Crippen LogP) is 9.20. The summed E-state index contributed by atoms with van der Waals surface area (Å²) in [6.07, 6.45) is 1.54. The first-order valence-corrected chi connectivity index (χ1v) is 16.4. The molecule has 2 saturated carbocycles. The average molecular weight is 620 g/mol. The van der Waals surface area contributed by atoms with Crippen LogP contribution in [0.1, 0.15) is 114 Å². The zero-order valence-corrected chi connectivity index (χ0v) is 26.0. The topological polar surface area (TPSA) is 43.7 Å². The van der Waals surface area contributed by atoms with E-state index in [1.807, 2.05) is 12.1 Å². The normalized spacial score (nSPS) is 31.5. The van der Waals surface area contributed by atoms with Crippen LogP contribution in [0.3, 0.4) is 0 Å². The van der Waals surface area contributed by atoms with Crippen molar-refractivity contribution in [2.24, 2.45) is 23.2 Å². The maximum Gasteiger partial charge on any atom is 0.453 e. The van der Waals surface area contributed by atoms with Crippen LogP contribution in [0, 0.1) is 23.2 Å². The molecular weight excluding hydrogens is 568 g/mol. The summed E-state index contributed by atoms with van der Waals surface area (Å²) < 4.78 is 78.8. The number of alkyl halides is 6. The number of aromatic hydroxyl groups is 1. The van der Waals surface area contributed by atoms with Crippen LogP contribution in [0.2, 0.25) is 0 Å². The highest BCUT2D eigenvalue weighted by molar-refractivity contribution is 5.41. The van der Waals surface area contributed by atoms with Gasteiger partial charge in [-0.05, 0) is 118 Å². The third-order valence-corrected chi connectivity index (χ3v) is 11.4. The molecule has 1 aromatic rings. The van der Waals surface area contributed by atoms with Gasteiger partial charge in [-0.1, -0.05) is 45.1 Å². The molecule has 2 fully saturated rings. The summed E-state index contributed by atoms with van der Waals surface area (Å²) in [6.45, 7) is 5.13. The zero-order chi connectivity index (χ0) is 31.6. The molecule has 0 amide bonds. The van der Waals surface area contributed by atoms with E-state index in [1.165, 1.54) is 0 Å². The van der Waals surface area contributed by atoms with Crippen molar-refractivity contribution in [2.45, 2.75) is 140 Å². The highest BCUT2D eigenvalue weighted by atomic mass is 19.4. The molecule has 1 aromatic carbocycles. The van der Waals surface area contributed by atoms with Crippen LogP contribution in [-0.2, 0) is 6.42 Å². The second-order valence-electron chi connectivity index (χ2n) is 14.2. The molecule has 9 heteroatoms. The minimum absolute atomic E-state index is 0.124. The predicted molar refractivity (Wildman–Crippen MR) is 157 cm³/mol. The Hall–Kier alpha value is -1.48. The van der Waals surface area contributed by atoms with Gasteiger partial charge in [0.2, 0.25) is 0 Å². The van der Waals surface area contributed by atoms with Crippen molar-refractivity contribution in [3.8, 4) is 5.75 Å². The van der Waals surface area contributed by atoms with Gasteiger partial charge in [0.1, 0.15) is 11.9 Å². The summed E-state index contributed by atoms with van der Waals surface area (Å²) >= 11 is 0. The van der Waals surface area contributed by atoms with Crippen molar-refractivity contribution in [1.29, 1.82) is 0 Å². The standard InChI is InChI=1S/C34H51F6NO2/c1-22(41(3)18-10-6-4-5-9-17-33(36,37)34(38,39)40)11-7-8-12-23-19-24-20-25(42)13-14-26(24)31-28(35)21-32(2)27(30(23)31)15-16-29(32)43/h13-14,20,22-23,27-31,42-43H,4-12,15-19,21H2,1-3H3/t22?,23-,27+,28+,29+,30+,31+,32+/m1/s1. The molecule has 1 unspecified atom stereocenters. The number of aliphatic hydroxyl groups is 1. The Balaban J connectivity index is 1.22. The summed E-state index contributed by atoms with van der Waals surface area (Å²) in [7, 11) is 2.07. The average Bonchev–Trinajstić information content (AvgIpc) is 3.22. The molecule has 0 spiro atoms. The highest BCUT2D eigenvalue weighted by Gasteiger charge is 2.60. The Morgan fingerprint density at radius 3 is 2.42 bits per heavy atom. The minimum Gasteiger partial charge on any atom is -0.508 e. The van der Waals surface area contributed by atoms with Crippen molar-refractivity contribution >= 4 is 0 Å². The number of phenolic OH excluding ortho intramolecular Hbond substituents is 1. The maximum atomic E-state index is 15.9. The first-order chi connectivity index (χ1) is 20.2. The number of hydrogen-bond donors (Lipinski definition) is 2.